The smallest absolute Gasteiger partial charge is 0.0357 e. The highest BCUT2D eigenvalue weighted by Gasteiger charge is 2.30. The molecule has 0 heterocycles. The van der Waals surface area contributed by atoms with Crippen molar-refractivity contribution in [3.05, 3.63) is 33.8 Å². The minimum atomic E-state index is 0.477. The molecule has 19 heavy (non-hydrogen) atoms. The van der Waals surface area contributed by atoms with Gasteiger partial charge in [0.25, 0.3) is 0 Å². The molecule has 4 unspecified atom stereocenters. The molecule has 0 radical (unpaired) electrons. The van der Waals surface area contributed by atoms with E-state index in [0.29, 0.717) is 6.04 Å². The third-order valence-corrected chi connectivity index (χ3v) is 5.60. The normalized spacial score (nSPS) is 29.2. The van der Waals surface area contributed by atoms with Crippen LogP contribution in [0.2, 0.25) is 0 Å². The van der Waals surface area contributed by atoms with Crippen LogP contribution in [0.1, 0.15) is 50.3 Å². The molecule has 0 amide bonds. The lowest BCUT2D eigenvalue weighted by Crippen LogP contribution is -2.31. The number of rotatable bonds is 3. The number of benzene rings is 1. The van der Waals surface area contributed by atoms with Crippen molar-refractivity contribution in [2.45, 2.75) is 46.1 Å². The first kappa shape index (κ1) is 15.1. The average Bonchev–Trinajstić information content (AvgIpc) is 2.37. The van der Waals surface area contributed by atoms with Crippen LogP contribution in [0.15, 0.2) is 22.7 Å². The van der Waals surface area contributed by atoms with Crippen molar-refractivity contribution in [3.8, 4) is 0 Å². The summed E-state index contributed by atoms with van der Waals surface area (Å²) in [5.41, 5.74) is 2.73. The predicted molar refractivity (Wildman–Crippen MR) is 86.3 cm³/mol. The fourth-order valence-electron chi connectivity index (χ4n) is 3.42. The van der Waals surface area contributed by atoms with Crippen molar-refractivity contribution in [3.63, 3.8) is 0 Å². The summed E-state index contributed by atoms with van der Waals surface area (Å²) in [5, 5.41) is 3.55. The van der Waals surface area contributed by atoms with Crippen molar-refractivity contribution < 1.29 is 0 Å². The van der Waals surface area contributed by atoms with Crippen LogP contribution < -0.4 is 5.32 Å². The van der Waals surface area contributed by atoms with Crippen molar-refractivity contribution in [2.24, 2.45) is 17.8 Å². The van der Waals surface area contributed by atoms with E-state index in [2.05, 4.69) is 67.3 Å². The Morgan fingerprint density at radius 3 is 2.53 bits per heavy atom. The van der Waals surface area contributed by atoms with Gasteiger partial charge in [-0.15, -0.1) is 0 Å². The van der Waals surface area contributed by atoms with Crippen molar-refractivity contribution in [1.82, 2.24) is 5.32 Å². The molecule has 0 saturated heterocycles. The Bertz CT molecular complexity index is 429. The number of aryl methyl sites for hydroxylation is 1. The zero-order chi connectivity index (χ0) is 14.0. The molecule has 1 aromatic rings. The molecule has 2 rings (SSSR count). The lowest BCUT2D eigenvalue weighted by atomic mass is 9.72. The Labute approximate surface area is 126 Å². The van der Waals surface area contributed by atoms with Gasteiger partial charge in [0.1, 0.15) is 0 Å². The third kappa shape index (κ3) is 3.41. The van der Waals surface area contributed by atoms with Crippen LogP contribution in [0.25, 0.3) is 0 Å². The summed E-state index contributed by atoms with van der Waals surface area (Å²) in [5.74, 6) is 2.49. The highest BCUT2D eigenvalue weighted by Crippen LogP contribution is 2.41. The number of nitrogens with one attached hydrogen (secondary N) is 1. The van der Waals surface area contributed by atoms with Crippen molar-refractivity contribution >= 4 is 15.9 Å². The molecular weight excluding hydrogens is 298 g/mol. The predicted octanol–water partition coefficient (Wildman–Crippen LogP) is 5.09. The average molecular weight is 324 g/mol. The van der Waals surface area contributed by atoms with E-state index in [0.717, 1.165) is 17.8 Å². The maximum absolute atomic E-state index is 3.74. The second-order valence-corrected chi connectivity index (χ2v) is 7.17. The molecule has 1 fully saturated rings. The SMILES string of the molecule is CNC(c1ccc(C)cc1Br)C1CCC(C)C(C)C1. The Morgan fingerprint density at radius 2 is 1.95 bits per heavy atom. The molecule has 1 N–H and O–H groups in total. The lowest BCUT2D eigenvalue weighted by Gasteiger charge is -2.37. The van der Waals surface area contributed by atoms with Crippen LogP contribution in [0, 0.1) is 24.7 Å². The van der Waals surface area contributed by atoms with E-state index in [4.69, 9.17) is 0 Å². The van der Waals surface area contributed by atoms with Gasteiger partial charge in [-0.2, -0.15) is 0 Å². The van der Waals surface area contributed by atoms with E-state index < -0.39 is 0 Å². The van der Waals surface area contributed by atoms with Gasteiger partial charge < -0.3 is 5.32 Å². The highest BCUT2D eigenvalue weighted by molar-refractivity contribution is 9.10. The molecule has 0 aliphatic heterocycles. The maximum Gasteiger partial charge on any atom is 0.0357 e. The lowest BCUT2D eigenvalue weighted by molar-refractivity contribution is 0.174. The molecule has 1 aliphatic rings. The fraction of sp³-hybridized carbons (Fsp3) is 0.647. The molecule has 1 aliphatic carbocycles. The summed E-state index contributed by atoms with van der Waals surface area (Å²) in [4.78, 5) is 0. The largest absolute Gasteiger partial charge is 0.313 e. The summed E-state index contributed by atoms with van der Waals surface area (Å²) in [6.45, 7) is 6.96. The summed E-state index contributed by atoms with van der Waals surface area (Å²) in [6.07, 6.45) is 4.05. The van der Waals surface area contributed by atoms with Gasteiger partial charge in [0.15, 0.2) is 0 Å². The summed E-state index contributed by atoms with van der Waals surface area (Å²) in [7, 11) is 2.10. The summed E-state index contributed by atoms with van der Waals surface area (Å²) < 4.78 is 1.25. The number of hydrogen-bond acceptors (Lipinski definition) is 1. The van der Waals surface area contributed by atoms with Crippen LogP contribution in [-0.4, -0.2) is 7.05 Å². The molecule has 2 heteroatoms. The van der Waals surface area contributed by atoms with Crippen LogP contribution in [0.4, 0.5) is 0 Å². The van der Waals surface area contributed by atoms with E-state index in [9.17, 15) is 0 Å². The quantitative estimate of drug-likeness (QED) is 0.816. The Morgan fingerprint density at radius 1 is 1.21 bits per heavy atom. The first-order valence-corrected chi connectivity index (χ1v) is 8.25. The van der Waals surface area contributed by atoms with E-state index in [1.165, 1.54) is 34.9 Å². The van der Waals surface area contributed by atoms with Crippen molar-refractivity contribution in [1.29, 1.82) is 0 Å². The molecule has 1 nitrogen and oxygen atoms in total. The van der Waals surface area contributed by atoms with Crippen LogP contribution >= 0.6 is 15.9 Å². The monoisotopic (exact) mass is 323 g/mol. The third-order valence-electron chi connectivity index (χ3n) is 4.91. The first-order chi connectivity index (χ1) is 9.02. The molecule has 1 saturated carbocycles. The second kappa shape index (κ2) is 6.41. The minimum absolute atomic E-state index is 0.477. The van der Waals surface area contributed by atoms with E-state index >= 15 is 0 Å². The van der Waals surface area contributed by atoms with Gasteiger partial charge in [0, 0.05) is 10.5 Å². The second-order valence-electron chi connectivity index (χ2n) is 6.32. The maximum atomic E-state index is 3.74. The van der Waals surface area contributed by atoms with Crippen LogP contribution in [0.5, 0.6) is 0 Å². The number of halogens is 1. The van der Waals surface area contributed by atoms with Gasteiger partial charge in [-0.05, 0) is 61.8 Å². The van der Waals surface area contributed by atoms with Crippen molar-refractivity contribution in [2.75, 3.05) is 7.05 Å². The Hall–Kier alpha value is -0.340. The zero-order valence-electron chi connectivity index (χ0n) is 12.5. The summed E-state index contributed by atoms with van der Waals surface area (Å²) >= 11 is 3.74. The van der Waals surface area contributed by atoms with Gasteiger partial charge in [-0.3, -0.25) is 0 Å². The Kier molecular flexibility index (Phi) is 5.08. The van der Waals surface area contributed by atoms with Gasteiger partial charge in [-0.1, -0.05) is 48.3 Å². The molecule has 0 aromatic heterocycles. The van der Waals surface area contributed by atoms with Gasteiger partial charge >= 0.3 is 0 Å². The Balaban J connectivity index is 2.20. The highest BCUT2D eigenvalue weighted by atomic mass is 79.9. The van der Waals surface area contributed by atoms with Gasteiger partial charge in [-0.25, -0.2) is 0 Å². The molecule has 0 bridgehead atoms. The first-order valence-electron chi connectivity index (χ1n) is 7.46. The van der Waals surface area contributed by atoms with E-state index in [1.807, 2.05) is 0 Å². The molecule has 0 spiro atoms. The minimum Gasteiger partial charge on any atom is -0.313 e. The zero-order valence-corrected chi connectivity index (χ0v) is 14.1. The molecule has 106 valence electrons. The number of hydrogen-bond donors (Lipinski definition) is 1. The summed E-state index contributed by atoms with van der Waals surface area (Å²) in [6, 6.07) is 7.21. The molecule has 1 aromatic carbocycles. The van der Waals surface area contributed by atoms with E-state index in [1.54, 1.807) is 0 Å². The van der Waals surface area contributed by atoms with Gasteiger partial charge in [0.05, 0.1) is 0 Å². The molecule has 4 atom stereocenters. The standard InChI is InChI=1S/C17H26BrN/c1-11-5-8-15(16(18)9-11)17(19-4)14-7-6-12(2)13(3)10-14/h5,8-9,12-14,17,19H,6-7,10H2,1-4H3. The molecular formula is C17H26BrN. The fourth-order valence-corrected chi connectivity index (χ4v) is 4.16. The van der Waals surface area contributed by atoms with Crippen LogP contribution in [-0.2, 0) is 0 Å². The van der Waals surface area contributed by atoms with E-state index in [-0.39, 0.29) is 0 Å². The van der Waals surface area contributed by atoms with Gasteiger partial charge in [0.2, 0.25) is 0 Å². The topological polar surface area (TPSA) is 12.0 Å². The van der Waals surface area contributed by atoms with Crippen LogP contribution in [0.3, 0.4) is 0 Å².